The Morgan fingerprint density at radius 2 is 0.728 bits per heavy atom. The lowest BCUT2D eigenvalue weighted by Gasteiger charge is -2.28. The smallest absolute Gasteiger partial charge is 0.310 e. The monoisotopic (exact) mass is 1150 g/mol. The van der Waals surface area contributed by atoms with Gasteiger partial charge in [0.25, 0.3) is 0 Å². The molecule has 0 N–H and O–H groups in total. The van der Waals surface area contributed by atoms with Crippen molar-refractivity contribution in [3.8, 4) is 0 Å². The van der Waals surface area contributed by atoms with Gasteiger partial charge in [0, 0.05) is 32.6 Å². The molecule has 81 heavy (non-hydrogen) atoms. The largest absolute Gasteiger partial charge is 0.463 e. The van der Waals surface area contributed by atoms with Crippen LogP contribution in [-0.2, 0) is 57.0 Å². The molecule has 0 amide bonds. The van der Waals surface area contributed by atoms with Gasteiger partial charge in [-0.2, -0.15) is 0 Å². The number of carbonyl (C=O) groups is 3. The molecule has 1 aliphatic rings. The Kier molecular flexibility index (Phi) is 58.3. The van der Waals surface area contributed by atoms with Gasteiger partial charge in [-0.05, 0) is 103 Å². The fraction of sp³-hybridized carbons (Fsp3) is 0.956. The average Bonchev–Trinajstić information content (AvgIpc) is 3.46. The molecule has 0 saturated carbocycles. The first-order chi connectivity index (χ1) is 39.8. The Hall–Kier alpha value is -1.87. The zero-order valence-electron chi connectivity index (χ0n) is 53.8. The van der Waals surface area contributed by atoms with Gasteiger partial charge < -0.3 is 47.5 Å². The summed E-state index contributed by atoms with van der Waals surface area (Å²) in [7, 11) is 2.04. The lowest BCUT2D eigenvalue weighted by molar-refractivity contribution is -0.152. The Labute approximate surface area is 498 Å². The third-order valence-electron chi connectivity index (χ3n) is 15.8. The molecular weight excluding hydrogens is 1020 g/mol. The number of unbranched alkanes of at least 4 members (excludes halogenated alkanes) is 28. The topological polar surface area (TPSA) is 138 Å². The first kappa shape index (κ1) is 77.1. The minimum Gasteiger partial charge on any atom is -0.463 e. The molecule has 480 valence electrons. The zero-order valence-corrected chi connectivity index (χ0v) is 53.8. The first-order valence-electron chi connectivity index (χ1n) is 34.6. The lowest BCUT2D eigenvalue weighted by Crippen LogP contribution is -2.37. The predicted molar refractivity (Wildman–Crippen MR) is 332 cm³/mol. The van der Waals surface area contributed by atoms with Gasteiger partial charge in [-0.3, -0.25) is 14.4 Å². The van der Waals surface area contributed by atoms with Crippen LogP contribution in [0.5, 0.6) is 0 Å². The van der Waals surface area contributed by atoms with Gasteiger partial charge in [-0.15, -0.1) is 0 Å². The maximum absolute atomic E-state index is 12.9. The number of hydrogen-bond acceptors (Lipinski definition) is 13. The normalized spacial score (nSPS) is 14.3. The zero-order chi connectivity index (χ0) is 58.6. The summed E-state index contributed by atoms with van der Waals surface area (Å²) in [6.07, 6.45) is 47.3. The minimum atomic E-state index is -0.168. The summed E-state index contributed by atoms with van der Waals surface area (Å²) in [4.78, 5) is 40.3. The average molecular weight is 1150 g/mol. The quantitative estimate of drug-likeness (QED) is 0.0325. The highest BCUT2D eigenvalue weighted by Gasteiger charge is 2.25. The summed E-state index contributed by atoms with van der Waals surface area (Å²) in [6.45, 7) is 16.4. The number of piperidine rings is 1. The van der Waals surface area contributed by atoms with Crippen molar-refractivity contribution in [1.82, 2.24) is 4.90 Å². The van der Waals surface area contributed by atoms with E-state index in [1.54, 1.807) is 0 Å². The maximum atomic E-state index is 12.9. The molecular formula is C68H131NO12. The van der Waals surface area contributed by atoms with Crippen molar-refractivity contribution in [2.24, 2.45) is 5.92 Å². The van der Waals surface area contributed by atoms with Crippen LogP contribution in [0.25, 0.3) is 0 Å². The molecule has 1 rings (SSSR count). The van der Waals surface area contributed by atoms with Gasteiger partial charge in [-0.1, -0.05) is 195 Å². The summed E-state index contributed by atoms with van der Waals surface area (Å²) < 4.78 is 53.0. The third kappa shape index (κ3) is 53.3. The first-order valence-corrected chi connectivity index (χ1v) is 34.6. The molecule has 2 atom stereocenters. The van der Waals surface area contributed by atoms with Gasteiger partial charge in [0.2, 0.25) is 0 Å². The Balaban J connectivity index is 2.42. The highest BCUT2D eigenvalue weighted by atomic mass is 16.6. The number of nitrogens with zero attached hydrogens (tertiary/aromatic N) is 1. The van der Waals surface area contributed by atoms with Gasteiger partial charge >= 0.3 is 17.9 Å². The number of likely N-dealkylation sites (tertiary alicyclic amines) is 1. The van der Waals surface area contributed by atoms with E-state index in [4.69, 9.17) is 42.6 Å². The van der Waals surface area contributed by atoms with E-state index in [0.717, 1.165) is 142 Å². The number of carbonyl (C=O) groups excluding carboxylic acids is 3. The predicted octanol–water partition coefficient (Wildman–Crippen LogP) is 16.8. The molecule has 0 spiro atoms. The third-order valence-corrected chi connectivity index (χ3v) is 15.8. The molecule has 1 heterocycles. The van der Waals surface area contributed by atoms with Gasteiger partial charge in [0.1, 0.15) is 24.9 Å². The Morgan fingerprint density at radius 3 is 1.15 bits per heavy atom. The van der Waals surface area contributed by atoms with Gasteiger partial charge in [-0.25, -0.2) is 0 Å². The van der Waals surface area contributed by atoms with Crippen LogP contribution in [-0.4, -0.2) is 141 Å². The molecule has 0 radical (unpaired) electrons. The van der Waals surface area contributed by atoms with Gasteiger partial charge in [0.05, 0.1) is 65.4 Å². The van der Waals surface area contributed by atoms with E-state index in [2.05, 4.69) is 32.6 Å². The number of rotatable bonds is 64. The van der Waals surface area contributed by atoms with E-state index in [-0.39, 0.29) is 48.7 Å². The molecule has 0 aromatic heterocycles. The van der Waals surface area contributed by atoms with E-state index >= 15 is 0 Å². The van der Waals surface area contributed by atoms with E-state index < -0.39 is 0 Å². The second-order valence-corrected chi connectivity index (χ2v) is 23.7. The SMILES string of the molecule is CCCCCCCCC(CCCCCCCC)OC(=O)CCCCCCCOCC(COCCOCCOCCOCCOC(=O)C1CCCN(C)C1)OCCCCCCCC(=O)OC(CCCCCCCC)CCCCCCCC. The molecule has 1 fully saturated rings. The van der Waals surface area contributed by atoms with Gasteiger partial charge in [0.15, 0.2) is 0 Å². The Morgan fingerprint density at radius 1 is 0.383 bits per heavy atom. The van der Waals surface area contributed by atoms with Crippen molar-refractivity contribution in [1.29, 1.82) is 0 Å². The van der Waals surface area contributed by atoms with E-state index in [0.29, 0.717) is 85.5 Å². The highest BCUT2D eigenvalue weighted by molar-refractivity contribution is 5.72. The molecule has 13 heteroatoms. The minimum absolute atomic E-state index is 0.0130. The van der Waals surface area contributed by atoms with Crippen LogP contribution in [0.4, 0.5) is 0 Å². The summed E-state index contributed by atoms with van der Waals surface area (Å²) in [6, 6.07) is 0. The van der Waals surface area contributed by atoms with Crippen LogP contribution >= 0.6 is 0 Å². The van der Waals surface area contributed by atoms with Crippen molar-refractivity contribution < 1.29 is 57.0 Å². The highest BCUT2D eigenvalue weighted by Crippen LogP contribution is 2.21. The van der Waals surface area contributed by atoms with Crippen molar-refractivity contribution in [2.75, 3.05) is 99.4 Å². The molecule has 0 aliphatic carbocycles. The van der Waals surface area contributed by atoms with Crippen molar-refractivity contribution in [3.63, 3.8) is 0 Å². The standard InChI is InChI=1S/C68H131NO12/c1-6-10-14-18-24-32-42-63(43-33-25-19-15-11-7-2)80-66(70)46-36-28-22-30-38-49-76-60-65(61-77-56-55-74-52-51-73-53-54-75-57-58-79-68(72)62-41-40-48-69(5)59-62)78-50-39-31-23-29-37-47-67(71)81-64(44-34-26-20-16-12-8-3)45-35-27-21-17-13-9-4/h62-65H,6-61H2,1-5H3. The van der Waals surface area contributed by atoms with Crippen molar-refractivity contribution in [2.45, 2.75) is 316 Å². The molecule has 0 aromatic carbocycles. The number of esters is 3. The summed E-state index contributed by atoms with van der Waals surface area (Å²) in [5.41, 5.74) is 0. The second-order valence-electron chi connectivity index (χ2n) is 23.7. The van der Waals surface area contributed by atoms with Crippen LogP contribution < -0.4 is 0 Å². The fourth-order valence-electron chi connectivity index (χ4n) is 10.7. The van der Waals surface area contributed by atoms with E-state index in [1.807, 2.05) is 7.05 Å². The summed E-state index contributed by atoms with van der Waals surface area (Å²) >= 11 is 0. The fourth-order valence-corrected chi connectivity index (χ4v) is 10.7. The summed E-state index contributed by atoms with van der Waals surface area (Å²) in [5.74, 6) is -0.190. The van der Waals surface area contributed by atoms with Crippen LogP contribution in [0.3, 0.4) is 0 Å². The summed E-state index contributed by atoms with van der Waals surface area (Å²) in [5, 5.41) is 0. The van der Waals surface area contributed by atoms with Crippen LogP contribution in [0, 0.1) is 5.92 Å². The van der Waals surface area contributed by atoms with E-state index in [1.165, 1.54) is 128 Å². The second kappa shape index (κ2) is 61.2. The molecule has 1 aliphatic heterocycles. The van der Waals surface area contributed by atoms with Crippen LogP contribution in [0.15, 0.2) is 0 Å². The number of ether oxygens (including phenoxy) is 9. The molecule has 13 nitrogen and oxygen atoms in total. The molecule has 1 saturated heterocycles. The van der Waals surface area contributed by atoms with E-state index in [9.17, 15) is 14.4 Å². The van der Waals surface area contributed by atoms with Crippen LogP contribution in [0.2, 0.25) is 0 Å². The molecule has 0 aromatic rings. The maximum Gasteiger partial charge on any atom is 0.310 e. The van der Waals surface area contributed by atoms with Crippen LogP contribution in [0.1, 0.15) is 297 Å². The number of hydrogen-bond donors (Lipinski definition) is 0. The van der Waals surface area contributed by atoms with Crippen molar-refractivity contribution >= 4 is 17.9 Å². The Bertz CT molecular complexity index is 1310. The lowest BCUT2D eigenvalue weighted by atomic mass is 9.99. The molecule has 0 bridgehead atoms. The van der Waals surface area contributed by atoms with Crippen molar-refractivity contribution in [3.05, 3.63) is 0 Å². The molecule has 2 unspecified atom stereocenters.